The van der Waals surface area contributed by atoms with E-state index in [1.54, 1.807) is 46.6 Å². The Labute approximate surface area is 377 Å². The van der Waals surface area contributed by atoms with Crippen LogP contribution in [-0.2, 0) is 31.2 Å². The van der Waals surface area contributed by atoms with Crippen LogP contribution in [0, 0.1) is 12.8 Å². The summed E-state index contributed by atoms with van der Waals surface area (Å²) in [4.78, 5) is 62.6. The quantitative estimate of drug-likeness (QED) is 0.0931. The van der Waals surface area contributed by atoms with Gasteiger partial charge in [-0.15, -0.1) is 0 Å². The minimum atomic E-state index is -3.53. The van der Waals surface area contributed by atoms with E-state index in [0.29, 0.717) is 54.0 Å². The molecule has 2 amide bonds. The van der Waals surface area contributed by atoms with E-state index in [1.807, 2.05) is 13.0 Å². The average molecular weight is 914 g/mol. The van der Waals surface area contributed by atoms with Crippen molar-refractivity contribution in [2.24, 2.45) is 13.0 Å². The monoisotopic (exact) mass is 912 g/mol. The van der Waals surface area contributed by atoms with Gasteiger partial charge in [-0.1, -0.05) is 30.5 Å². The van der Waals surface area contributed by atoms with Crippen molar-refractivity contribution >= 4 is 67.0 Å². The number of anilines is 2. The number of rotatable bonds is 13. The predicted octanol–water partition coefficient (Wildman–Crippen LogP) is 6.86. The van der Waals surface area contributed by atoms with E-state index in [2.05, 4.69) is 32.7 Å². The molecule has 0 spiro atoms. The molecule has 1 atom stereocenters. The molecule has 2 aromatic carbocycles. The number of sulfone groups is 1. The van der Waals surface area contributed by atoms with Crippen LogP contribution >= 0.6 is 11.6 Å². The maximum Gasteiger partial charge on any atom is 0.329 e. The van der Waals surface area contributed by atoms with Crippen LogP contribution in [0.2, 0.25) is 5.02 Å². The zero-order valence-corrected chi connectivity index (χ0v) is 38.1. The van der Waals surface area contributed by atoms with Crippen LogP contribution in [0.3, 0.4) is 0 Å². The molecule has 340 valence electrons. The Hall–Kier alpha value is -4.90. The molecule has 15 nitrogen and oxygen atoms in total. The lowest BCUT2D eigenvalue weighted by Crippen LogP contribution is -2.44. The first-order chi connectivity index (χ1) is 30.8. The Morgan fingerprint density at radius 3 is 2.39 bits per heavy atom. The molecule has 9 rings (SSSR count). The second-order valence-corrected chi connectivity index (χ2v) is 20.9. The molecule has 2 N–H and O–H groups in total. The molecule has 3 aromatic heterocycles. The summed E-state index contributed by atoms with van der Waals surface area (Å²) < 4.78 is 37.8. The van der Waals surface area contributed by atoms with E-state index in [4.69, 9.17) is 21.3 Å². The molecule has 5 heterocycles. The topological polar surface area (TPSA) is 180 Å². The first-order valence-corrected chi connectivity index (χ1v) is 24.9. The molecule has 4 fully saturated rings. The Balaban J connectivity index is 0.712. The van der Waals surface area contributed by atoms with Crippen LogP contribution in [0.4, 0.5) is 11.6 Å². The molecule has 2 aliphatic heterocycles. The Bertz CT molecular complexity index is 2820. The number of piperidine rings is 2. The zero-order chi connectivity index (χ0) is 44.7. The van der Waals surface area contributed by atoms with Gasteiger partial charge < -0.3 is 15.0 Å². The number of amides is 2. The van der Waals surface area contributed by atoms with Gasteiger partial charge in [0.25, 0.3) is 5.56 Å². The number of ether oxygens (including phenoxy) is 1. The van der Waals surface area contributed by atoms with Crippen LogP contribution in [-0.4, -0.2) is 86.9 Å². The number of pyridine rings is 1. The minimum absolute atomic E-state index is 0.000636. The lowest BCUT2D eigenvalue weighted by atomic mass is 9.85. The van der Waals surface area contributed by atoms with Crippen LogP contribution in [0.25, 0.3) is 22.1 Å². The number of likely N-dealkylation sites (tertiary alicyclic amines) is 1. The molecule has 5 aromatic rings. The number of imide groups is 1. The minimum Gasteiger partial charge on any atom is -0.378 e. The van der Waals surface area contributed by atoms with E-state index in [9.17, 15) is 27.6 Å². The number of carbonyl (C=O) groups excluding carboxylic acids is 2. The van der Waals surface area contributed by atoms with Crippen molar-refractivity contribution in [3.8, 4) is 0 Å². The molecule has 17 heteroatoms. The predicted molar refractivity (Wildman–Crippen MR) is 246 cm³/mol. The number of imidazole rings is 1. The molecule has 1 unspecified atom stereocenters. The number of halogens is 1. The van der Waals surface area contributed by atoms with Crippen molar-refractivity contribution in [3.63, 3.8) is 0 Å². The Morgan fingerprint density at radius 1 is 0.891 bits per heavy atom. The fourth-order valence-corrected chi connectivity index (χ4v) is 12.1. The van der Waals surface area contributed by atoms with E-state index < -0.39 is 21.8 Å². The average Bonchev–Trinajstić information content (AvgIpc) is 3.90. The van der Waals surface area contributed by atoms with E-state index in [-0.39, 0.29) is 51.4 Å². The Morgan fingerprint density at radius 2 is 1.66 bits per heavy atom. The third kappa shape index (κ3) is 9.16. The first kappa shape index (κ1) is 44.3. The van der Waals surface area contributed by atoms with E-state index >= 15 is 0 Å². The summed E-state index contributed by atoms with van der Waals surface area (Å²) in [6.07, 6.45) is 12.9. The van der Waals surface area contributed by atoms with E-state index in [1.165, 1.54) is 10.1 Å². The largest absolute Gasteiger partial charge is 0.378 e. The fourth-order valence-electron chi connectivity index (χ4n) is 10.5. The van der Waals surface area contributed by atoms with Crippen molar-refractivity contribution < 1.29 is 22.7 Å². The summed E-state index contributed by atoms with van der Waals surface area (Å²) in [5.74, 6) is 0.599. The van der Waals surface area contributed by atoms with Gasteiger partial charge in [-0.3, -0.25) is 33.4 Å². The number of carbonyl (C=O) groups is 2. The summed E-state index contributed by atoms with van der Waals surface area (Å²) in [6.45, 7) is 5.35. The number of nitrogens with one attached hydrogen (secondary N) is 2. The molecule has 4 aliphatic rings. The van der Waals surface area contributed by atoms with Gasteiger partial charge in [0.1, 0.15) is 16.7 Å². The maximum absolute atomic E-state index is 13.4. The highest BCUT2D eigenvalue weighted by Crippen LogP contribution is 2.35. The van der Waals surface area contributed by atoms with Gasteiger partial charge in [-0.25, -0.2) is 18.2 Å². The zero-order valence-electron chi connectivity index (χ0n) is 36.6. The SMILES string of the molecule is Cc1cc(S(=O)(=O)CCCOC2CCC(CN3CCC(c4ccc5c(c4)n(C)c(=O)n5C4CCC(=O)NC4=O)CC3)CC2)ccc1Nc1ncc2cc(Cl)c(=O)n(C3CCCC3)c2n1. The second kappa shape index (κ2) is 18.5. The number of aromatic nitrogens is 5. The summed E-state index contributed by atoms with van der Waals surface area (Å²) >= 11 is 6.29. The number of hydrogen-bond acceptors (Lipinski definition) is 11. The number of hydrogen-bond donors (Lipinski definition) is 2. The molecule has 2 saturated heterocycles. The number of aryl methyl sites for hydroxylation is 2. The highest BCUT2D eigenvalue weighted by molar-refractivity contribution is 7.91. The summed E-state index contributed by atoms with van der Waals surface area (Å²) in [5, 5.41) is 6.44. The van der Waals surface area contributed by atoms with Gasteiger partial charge >= 0.3 is 5.69 Å². The van der Waals surface area contributed by atoms with E-state index in [0.717, 1.165) is 100 Å². The van der Waals surface area contributed by atoms with Gasteiger partial charge in [0.05, 0.1) is 27.8 Å². The third-order valence-electron chi connectivity index (χ3n) is 14.1. The first-order valence-electron chi connectivity index (χ1n) is 22.9. The third-order valence-corrected chi connectivity index (χ3v) is 16.2. The van der Waals surface area contributed by atoms with Crippen LogP contribution in [0.5, 0.6) is 0 Å². The lowest BCUT2D eigenvalue weighted by molar-refractivity contribution is -0.135. The van der Waals surface area contributed by atoms with Crippen molar-refractivity contribution in [1.82, 2.24) is 33.9 Å². The molecular formula is C47H57ClN8O7S. The molecular weight excluding hydrogens is 856 g/mol. The molecule has 2 saturated carbocycles. The summed E-state index contributed by atoms with van der Waals surface area (Å²) in [7, 11) is -1.79. The number of nitrogens with zero attached hydrogens (tertiary/aromatic N) is 6. The van der Waals surface area contributed by atoms with Gasteiger partial charge in [0.15, 0.2) is 9.84 Å². The van der Waals surface area contributed by atoms with Crippen molar-refractivity contribution in [3.05, 3.63) is 85.6 Å². The highest BCUT2D eigenvalue weighted by atomic mass is 35.5. The summed E-state index contributed by atoms with van der Waals surface area (Å²) in [6, 6.07) is 12.1. The number of benzene rings is 2. The van der Waals surface area contributed by atoms with Crippen molar-refractivity contribution in [1.29, 1.82) is 0 Å². The molecule has 2 aliphatic carbocycles. The molecule has 64 heavy (non-hydrogen) atoms. The van der Waals surface area contributed by atoms with Gasteiger partial charge in [0, 0.05) is 49.9 Å². The molecule has 0 bridgehead atoms. The van der Waals surface area contributed by atoms with Crippen LogP contribution < -0.4 is 21.9 Å². The highest BCUT2D eigenvalue weighted by Gasteiger charge is 2.32. The maximum atomic E-state index is 13.4. The van der Waals surface area contributed by atoms with Gasteiger partial charge in [0.2, 0.25) is 17.8 Å². The van der Waals surface area contributed by atoms with Crippen LogP contribution in [0.1, 0.15) is 113 Å². The lowest BCUT2D eigenvalue weighted by Gasteiger charge is -2.36. The smallest absolute Gasteiger partial charge is 0.329 e. The Kier molecular flexibility index (Phi) is 12.8. The van der Waals surface area contributed by atoms with Crippen molar-refractivity contribution in [2.45, 2.75) is 119 Å². The summed E-state index contributed by atoms with van der Waals surface area (Å²) in [5.41, 5.74) is 4.18. The number of fused-ring (bicyclic) bond motifs is 2. The van der Waals surface area contributed by atoms with Crippen molar-refractivity contribution in [2.75, 3.05) is 37.3 Å². The fraction of sp³-hybridized carbons (Fsp3) is 0.532. The van der Waals surface area contributed by atoms with Gasteiger partial charge in [-0.05, 0) is 144 Å². The van der Waals surface area contributed by atoms with Crippen LogP contribution in [0.15, 0.2) is 63.1 Å². The molecule has 0 radical (unpaired) electrons. The van der Waals surface area contributed by atoms with Gasteiger partial charge in [-0.2, -0.15) is 4.98 Å². The normalized spacial score (nSPS) is 21.8. The standard InChI is InChI=1S/C47H57ClN8O7S/c1-29-24-36(13-14-38(29)50-46-49-27-33-25-37(48)45(59)55(43(33)52-46)34-6-3-4-7-34)64(61,62)23-5-22-63-35-11-8-30(9-12-35)28-54-20-18-31(19-21-54)32-10-15-39-41(26-32)53(2)47(60)56(39)40-16-17-42(57)51-44(40)58/h10,13-15,24-27,30-31,34-35,40H,3-9,11-12,16-23,28H2,1-2H3,(H,49,50,52)(H,51,57,58). The second-order valence-electron chi connectivity index (χ2n) is 18.4.